The van der Waals surface area contributed by atoms with Crippen molar-refractivity contribution in [3.8, 4) is 16.9 Å². The van der Waals surface area contributed by atoms with Crippen LogP contribution in [0.25, 0.3) is 16.9 Å². The van der Waals surface area contributed by atoms with Gasteiger partial charge in [0.1, 0.15) is 17.2 Å². The smallest absolute Gasteiger partial charge is 0.254 e. The fourth-order valence-electron chi connectivity index (χ4n) is 4.29. The molecular formula is C22H21FN4O2. The molecule has 2 heterocycles. The molecule has 5 rings (SSSR count). The molecule has 1 aliphatic heterocycles. The van der Waals surface area contributed by atoms with E-state index in [-0.39, 0.29) is 17.8 Å². The fraction of sp³-hybridized carbons (Fsp3) is 0.318. The molecule has 148 valence electrons. The van der Waals surface area contributed by atoms with Crippen LogP contribution >= 0.6 is 0 Å². The summed E-state index contributed by atoms with van der Waals surface area (Å²) < 4.78 is 15.6. The van der Waals surface area contributed by atoms with Gasteiger partial charge in [-0.25, -0.2) is 9.07 Å². The number of rotatable bonds is 4. The second-order valence-electron chi connectivity index (χ2n) is 7.94. The van der Waals surface area contributed by atoms with Gasteiger partial charge in [0.15, 0.2) is 0 Å². The lowest BCUT2D eigenvalue weighted by Gasteiger charge is -2.34. The standard InChI is InChI=1S/C22H21FN4O2/c1-13-21(24-25-27(13)20-5-3-2-4-19(20)23)15-6-7-18-16(10-15)12-26(22(18)29)11-14-8-17(28)9-14/h2-7,10,14,17,28H,8-9,11-12H2,1H3/t14-,17+. The number of para-hydroxylation sites is 1. The van der Waals surface area contributed by atoms with Gasteiger partial charge in [0.2, 0.25) is 0 Å². The van der Waals surface area contributed by atoms with Crippen LogP contribution < -0.4 is 0 Å². The number of benzene rings is 2. The van der Waals surface area contributed by atoms with Crippen LogP contribution in [-0.4, -0.2) is 43.6 Å². The Morgan fingerprint density at radius 1 is 1.21 bits per heavy atom. The summed E-state index contributed by atoms with van der Waals surface area (Å²) >= 11 is 0. The van der Waals surface area contributed by atoms with Crippen LogP contribution in [0.3, 0.4) is 0 Å². The number of hydrogen-bond acceptors (Lipinski definition) is 4. The Balaban J connectivity index is 1.42. The number of carbonyl (C=O) groups is 1. The van der Waals surface area contributed by atoms with Gasteiger partial charge in [0, 0.05) is 24.2 Å². The van der Waals surface area contributed by atoms with Crippen LogP contribution in [0.1, 0.15) is 34.5 Å². The summed E-state index contributed by atoms with van der Waals surface area (Å²) in [5, 5.41) is 17.9. The molecule has 0 atom stereocenters. The first-order chi connectivity index (χ1) is 14.0. The maximum atomic E-state index is 14.1. The molecule has 0 radical (unpaired) electrons. The van der Waals surface area contributed by atoms with Gasteiger partial charge in [-0.15, -0.1) is 5.10 Å². The first-order valence-corrected chi connectivity index (χ1v) is 9.79. The van der Waals surface area contributed by atoms with Crippen LogP contribution in [0.15, 0.2) is 42.5 Å². The van der Waals surface area contributed by atoms with Crippen molar-refractivity contribution in [3.63, 3.8) is 0 Å². The number of carbonyl (C=O) groups excluding carboxylic acids is 1. The van der Waals surface area contributed by atoms with E-state index in [1.807, 2.05) is 30.0 Å². The lowest BCUT2D eigenvalue weighted by molar-refractivity contribution is 0.0234. The number of nitrogens with zero attached hydrogens (tertiary/aromatic N) is 4. The normalized spacial score (nSPS) is 20.7. The van der Waals surface area contributed by atoms with Gasteiger partial charge >= 0.3 is 0 Å². The predicted octanol–water partition coefficient (Wildman–Crippen LogP) is 3.11. The van der Waals surface area contributed by atoms with E-state index in [0.29, 0.717) is 36.0 Å². The molecule has 29 heavy (non-hydrogen) atoms. The molecule has 6 nitrogen and oxygen atoms in total. The maximum Gasteiger partial charge on any atom is 0.254 e. The highest BCUT2D eigenvalue weighted by atomic mass is 19.1. The Hall–Kier alpha value is -3.06. The average Bonchev–Trinajstić information content (AvgIpc) is 3.21. The fourth-order valence-corrected chi connectivity index (χ4v) is 4.29. The zero-order chi connectivity index (χ0) is 20.1. The van der Waals surface area contributed by atoms with Crippen molar-refractivity contribution in [2.45, 2.75) is 32.4 Å². The molecule has 1 aliphatic carbocycles. The Morgan fingerprint density at radius 3 is 2.76 bits per heavy atom. The van der Waals surface area contributed by atoms with E-state index in [4.69, 9.17) is 0 Å². The molecule has 7 heteroatoms. The molecule has 2 aromatic carbocycles. The number of halogens is 1. The minimum atomic E-state index is -0.358. The second-order valence-corrected chi connectivity index (χ2v) is 7.94. The highest BCUT2D eigenvalue weighted by Crippen LogP contribution is 2.33. The zero-order valence-electron chi connectivity index (χ0n) is 16.0. The largest absolute Gasteiger partial charge is 0.393 e. The molecule has 3 aromatic rings. The SMILES string of the molecule is Cc1c(-c2ccc3c(c2)CN(C[C@H]2C[C@@H](O)C2)C3=O)nnn1-c1ccccc1F. The van der Waals surface area contributed by atoms with Gasteiger partial charge in [0.25, 0.3) is 5.91 Å². The van der Waals surface area contributed by atoms with Crippen molar-refractivity contribution in [2.24, 2.45) is 5.92 Å². The number of aliphatic hydroxyl groups is 1. The third-order valence-corrected chi connectivity index (χ3v) is 5.92. The van der Waals surface area contributed by atoms with Gasteiger partial charge in [-0.1, -0.05) is 23.4 Å². The quantitative estimate of drug-likeness (QED) is 0.741. The molecule has 1 saturated carbocycles. The Bertz CT molecular complexity index is 1100. The van der Waals surface area contributed by atoms with E-state index in [9.17, 15) is 14.3 Å². The number of aliphatic hydroxyl groups excluding tert-OH is 1. The second kappa shape index (κ2) is 6.77. The Morgan fingerprint density at radius 2 is 2.00 bits per heavy atom. The van der Waals surface area contributed by atoms with Gasteiger partial charge in [-0.05, 0) is 55.5 Å². The molecular weight excluding hydrogens is 371 g/mol. The minimum Gasteiger partial charge on any atom is -0.393 e. The summed E-state index contributed by atoms with van der Waals surface area (Å²) in [7, 11) is 0. The summed E-state index contributed by atoms with van der Waals surface area (Å²) in [6, 6.07) is 12.1. The van der Waals surface area contributed by atoms with E-state index in [2.05, 4.69) is 10.3 Å². The van der Waals surface area contributed by atoms with Gasteiger partial charge < -0.3 is 10.0 Å². The number of fused-ring (bicyclic) bond motifs is 1. The van der Waals surface area contributed by atoms with E-state index in [1.165, 1.54) is 10.7 Å². The molecule has 1 amide bonds. The minimum absolute atomic E-state index is 0.0414. The summed E-state index contributed by atoms with van der Waals surface area (Å²) in [5.74, 6) is 0.0636. The zero-order valence-corrected chi connectivity index (χ0v) is 16.0. The third kappa shape index (κ3) is 3.02. The first kappa shape index (κ1) is 18.0. The summed E-state index contributed by atoms with van der Waals surface area (Å²) in [5.41, 5.74) is 4.30. The molecule has 0 spiro atoms. The predicted molar refractivity (Wildman–Crippen MR) is 105 cm³/mol. The summed E-state index contributed by atoms with van der Waals surface area (Å²) in [6.45, 7) is 3.10. The van der Waals surface area contributed by atoms with E-state index in [0.717, 1.165) is 29.7 Å². The van der Waals surface area contributed by atoms with Crippen LogP contribution in [0.4, 0.5) is 4.39 Å². The van der Waals surface area contributed by atoms with E-state index in [1.54, 1.807) is 18.2 Å². The lowest BCUT2D eigenvalue weighted by Crippen LogP contribution is -2.38. The monoisotopic (exact) mass is 392 g/mol. The van der Waals surface area contributed by atoms with E-state index < -0.39 is 0 Å². The van der Waals surface area contributed by atoms with Gasteiger partial charge in [0.05, 0.1) is 11.8 Å². The molecule has 0 bridgehead atoms. The van der Waals surface area contributed by atoms with Crippen LogP contribution in [0.5, 0.6) is 0 Å². The molecule has 0 unspecified atom stereocenters. The van der Waals surface area contributed by atoms with Crippen LogP contribution in [0, 0.1) is 18.7 Å². The molecule has 1 N–H and O–H groups in total. The maximum absolute atomic E-state index is 14.1. The third-order valence-electron chi connectivity index (χ3n) is 5.92. The molecule has 2 aliphatic rings. The average molecular weight is 392 g/mol. The Kier molecular flexibility index (Phi) is 4.20. The van der Waals surface area contributed by atoms with E-state index >= 15 is 0 Å². The number of amides is 1. The highest BCUT2D eigenvalue weighted by Gasteiger charge is 2.34. The van der Waals surface area contributed by atoms with Crippen LogP contribution in [-0.2, 0) is 6.54 Å². The van der Waals surface area contributed by atoms with Crippen LogP contribution in [0.2, 0.25) is 0 Å². The molecule has 1 fully saturated rings. The van der Waals surface area contributed by atoms with Crippen molar-refractivity contribution in [1.29, 1.82) is 0 Å². The molecule has 1 aromatic heterocycles. The number of hydrogen-bond donors (Lipinski definition) is 1. The summed E-state index contributed by atoms with van der Waals surface area (Å²) in [4.78, 5) is 14.5. The topological polar surface area (TPSA) is 71.2 Å². The number of aromatic nitrogens is 3. The van der Waals surface area contributed by atoms with Crippen molar-refractivity contribution in [3.05, 3.63) is 65.1 Å². The Labute approximate surface area is 167 Å². The summed E-state index contributed by atoms with van der Waals surface area (Å²) in [6.07, 6.45) is 1.32. The van der Waals surface area contributed by atoms with Gasteiger partial charge in [-0.3, -0.25) is 4.79 Å². The van der Waals surface area contributed by atoms with Gasteiger partial charge in [-0.2, -0.15) is 0 Å². The van der Waals surface area contributed by atoms with Crippen molar-refractivity contribution >= 4 is 5.91 Å². The molecule has 0 saturated heterocycles. The lowest BCUT2D eigenvalue weighted by atomic mass is 9.82. The van der Waals surface area contributed by atoms with Crippen molar-refractivity contribution in [1.82, 2.24) is 19.9 Å². The van der Waals surface area contributed by atoms with Crippen molar-refractivity contribution in [2.75, 3.05) is 6.54 Å². The van der Waals surface area contributed by atoms with Crippen molar-refractivity contribution < 1.29 is 14.3 Å². The first-order valence-electron chi connectivity index (χ1n) is 9.79. The highest BCUT2D eigenvalue weighted by molar-refractivity contribution is 5.99.